The summed E-state index contributed by atoms with van der Waals surface area (Å²) in [6.45, 7) is 3.14. The van der Waals surface area contributed by atoms with Crippen molar-refractivity contribution in [3.8, 4) is 17.6 Å². The average molecular weight is 279 g/mol. The van der Waals surface area contributed by atoms with Crippen LogP contribution in [0.15, 0.2) is 48.5 Å². The molecule has 0 heterocycles. The van der Waals surface area contributed by atoms with Gasteiger partial charge < -0.3 is 10.5 Å². The average Bonchev–Trinajstić information content (AvgIpc) is 2.53. The first kappa shape index (κ1) is 15.2. The van der Waals surface area contributed by atoms with Crippen molar-refractivity contribution in [2.24, 2.45) is 5.73 Å². The van der Waals surface area contributed by atoms with Crippen LogP contribution in [0.5, 0.6) is 5.75 Å². The van der Waals surface area contributed by atoms with E-state index >= 15 is 0 Å². The fraction of sp³-hybridized carbons (Fsp3) is 0.263. The Bertz CT molecular complexity index is 603. The molecule has 0 aliphatic carbocycles. The third-order valence-corrected chi connectivity index (χ3v) is 3.16. The normalized spacial score (nSPS) is 9.81. The molecule has 108 valence electrons. The summed E-state index contributed by atoms with van der Waals surface area (Å²) in [6, 6.07) is 16.4. The Morgan fingerprint density at radius 3 is 2.24 bits per heavy atom. The maximum atomic E-state index is 5.79. The van der Waals surface area contributed by atoms with E-state index in [9.17, 15) is 0 Å². The Morgan fingerprint density at radius 1 is 0.952 bits per heavy atom. The minimum absolute atomic E-state index is 0.388. The zero-order valence-electron chi connectivity index (χ0n) is 12.4. The molecule has 0 aliphatic rings. The van der Waals surface area contributed by atoms with E-state index in [0.717, 1.165) is 23.3 Å². The van der Waals surface area contributed by atoms with Gasteiger partial charge in [0.15, 0.2) is 0 Å². The lowest BCUT2D eigenvalue weighted by Crippen LogP contribution is -1.96. The Balaban J connectivity index is 1.90. The summed E-state index contributed by atoms with van der Waals surface area (Å²) in [4.78, 5) is 0. The molecule has 2 aromatic rings. The smallest absolute Gasteiger partial charge is 0.119 e. The summed E-state index contributed by atoms with van der Waals surface area (Å²) >= 11 is 0. The van der Waals surface area contributed by atoms with Gasteiger partial charge in [-0.3, -0.25) is 0 Å². The van der Waals surface area contributed by atoms with E-state index < -0.39 is 0 Å². The van der Waals surface area contributed by atoms with E-state index in [1.165, 1.54) is 12.0 Å². The molecule has 0 radical (unpaired) electrons. The van der Waals surface area contributed by atoms with Gasteiger partial charge in [-0.1, -0.05) is 49.5 Å². The summed E-state index contributed by atoms with van der Waals surface area (Å²) < 4.78 is 5.79. The second-order valence-electron chi connectivity index (χ2n) is 4.89. The molecule has 0 amide bonds. The highest BCUT2D eigenvalue weighted by atomic mass is 16.5. The molecule has 0 bridgehead atoms. The van der Waals surface area contributed by atoms with Crippen LogP contribution in [0.3, 0.4) is 0 Å². The van der Waals surface area contributed by atoms with Crippen molar-refractivity contribution in [2.75, 3.05) is 6.54 Å². The van der Waals surface area contributed by atoms with Crippen LogP contribution in [0.2, 0.25) is 0 Å². The van der Waals surface area contributed by atoms with Crippen molar-refractivity contribution in [2.45, 2.75) is 26.4 Å². The Labute approximate surface area is 126 Å². The monoisotopic (exact) mass is 279 g/mol. The maximum Gasteiger partial charge on any atom is 0.119 e. The highest BCUT2D eigenvalue weighted by Gasteiger charge is 1.97. The molecule has 0 aliphatic heterocycles. The number of hydrogen-bond acceptors (Lipinski definition) is 2. The van der Waals surface area contributed by atoms with Crippen LogP contribution >= 0.6 is 0 Å². The summed E-state index contributed by atoms with van der Waals surface area (Å²) in [5.41, 5.74) is 8.82. The van der Waals surface area contributed by atoms with E-state index in [4.69, 9.17) is 10.5 Å². The van der Waals surface area contributed by atoms with Crippen LogP contribution in [0.4, 0.5) is 0 Å². The summed E-state index contributed by atoms with van der Waals surface area (Å²) in [7, 11) is 0. The largest absolute Gasteiger partial charge is 0.489 e. The van der Waals surface area contributed by atoms with Crippen molar-refractivity contribution in [1.82, 2.24) is 0 Å². The van der Waals surface area contributed by atoms with Crippen molar-refractivity contribution in [3.05, 3.63) is 65.2 Å². The zero-order valence-corrected chi connectivity index (χ0v) is 12.4. The predicted molar refractivity (Wildman–Crippen MR) is 87.1 cm³/mol. The van der Waals surface area contributed by atoms with Gasteiger partial charge in [0.1, 0.15) is 12.4 Å². The summed E-state index contributed by atoms with van der Waals surface area (Å²) in [5.74, 6) is 6.76. The number of nitrogens with two attached hydrogens (primary N) is 1. The quantitative estimate of drug-likeness (QED) is 0.850. The third-order valence-electron chi connectivity index (χ3n) is 3.16. The van der Waals surface area contributed by atoms with Crippen molar-refractivity contribution >= 4 is 0 Å². The highest BCUT2D eigenvalue weighted by Crippen LogP contribution is 2.15. The number of benzene rings is 2. The Hall–Kier alpha value is -2.24. The molecule has 2 nitrogen and oxygen atoms in total. The molecule has 0 fully saturated rings. The van der Waals surface area contributed by atoms with Gasteiger partial charge in [-0.05, 0) is 41.8 Å². The van der Waals surface area contributed by atoms with Crippen molar-refractivity contribution in [1.29, 1.82) is 0 Å². The molecule has 21 heavy (non-hydrogen) atoms. The molecule has 2 aromatic carbocycles. The van der Waals surface area contributed by atoms with Gasteiger partial charge in [0.25, 0.3) is 0 Å². The molecule has 0 saturated carbocycles. The zero-order chi connectivity index (χ0) is 14.9. The second kappa shape index (κ2) is 8.14. The van der Waals surface area contributed by atoms with Crippen molar-refractivity contribution in [3.63, 3.8) is 0 Å². The summed E-state index contributed by atoms with van der Waals surface area (Å²) in [6.07, 6.45) is 2.28. The van der Waals surface area contributed by atoms with E-state index in [0.29, 0.717) is 13.2 Å². The van der Waals surface area contributed by atoms with Gasteiger partial charge in [0.2, 0.25) is 0 Å². The highest BCUT2D eigenvalue weighted by molar-refractivity contribution is 5.36. The minimum atomic E-state index is 0.388. The van der Waals surface area contributed by atoms with Crippen LogP contribution in [0.25, 0.3) is 0 Å². The van der Waals surface area contributed by atoms with Gasteiger partial charge in [0.05, 0.1) is 6.54 Å². The number of aryl methyl sites for hydroxylation is 1. The van der Waals surface area contributed by atoms with Crippen LogP contribution < -0.4 is 10.5 Å². The first-order valence-electron chi connectivity index (χ1n) is 7.31. The molecule has 0 saturated heterocycles. The topological polar surface area (TPSA) is 35.2 Å². The third kappa shape index (κ3) is 4.98. The molecule has 2 N–H and O–H groups in total. The van der Waals surface area contributed by atoms with Crippen LogP contribution in [0, 0.1) is 11.8 Å². The lowest BCUT2D eigenvalue weighted by atomic mass is 10.1. The minimum Gasteiger partial charge on any atom is -0.489 e. The fourth-order valence-electron chi connectivity index (χ4n) is 2.05. The molecule has 2 heteroatoms. The SMILES string of the molecule is CCCc1ccc(OCc2ccc(C#CCN)cc2)cc1. The lowest BCUT2D eigenvalue weighted by Gasteiger charge is -2.07. The fourth-order valence-corrected chi connectivity index (χ4v) is 2.05. The Morgan fingerprint density at radius 2 is 1.62 bits per heavy atom. The number of hydrogen-bond donors (Lipinski definition) is 1. The first-order chi connectivity index (χ1) is 10.3. The first-order valence-corrected chi connectivity index (χ1v) is 7.31. The molecule has 0 atom stereocenters. The molecule has 0 aromatic heterocycles. The molecular formula is C19H21NO. The van der Waals surface area contributed by atoms with Crippen LogP contribution in [0.1, 0.15) is 30.0 Å². The van der Waals surface area contributed by atoms with Crippen LogP contribution in [-0.4, -0.2) is 6.54 Å². The summed E-state index contributed by atoms with van der Waals surface area (Å²) in [5, 5.41) is 0. The molecule has 0 unspecified atom stereocenters. The van der Waals surface area contributed by atoms with Gasteiger partial charge >= 0.3 is 0 Å². The number of rotatable bonds is 5. The van der Waals surface area contributed by atoms with Crippen molar-refractivity contribution < 1.29 is 4.74 Å². The Kier molecular flexibility index (Phi) is 5.87. The van der Waals surface area contributed by atoms with Gasteiger partial charge in [0, 0.05) is 5.56 Å². The van der Waals surface area contributed by atoms with Gasteiger partial charge in [-0.2, -0.15) is 0 Å². The van der Waals surface area contributed by atoms with Gasteiger partial charge in [-0.25, -0.2) is 0 Å². The molecular weight excluding hydrogens is 258 g/mol. The van der Waals surface area contributed by atoms with E-state index in [1.54, 1.807) is 0 Å². The van der Waals surface area contributed by atoms with Crippen LogP contribution in [-0.2, 0) is 13.0 Å². The van der Waals surface area contributed by atoms with Gasteiger partial charge in [-0.15, -0.1) is 0 Å². The maximum absolute atomic E-state index is 5.79. The predicted octanol–water partition coefficient (Wildman–Crippen LogP) is 3.53. The van der Waals surface area contributed by atoms with E-state index in [2.05, 4.69) is 30.9 Å². The number of ether oxygens (including phenoxy) is 1. The molecule has 2 rings (SSSR count). The second-order valence-corrected chi connectivity index (χ2v) is 4.89. The lowest BCUT2D eigenvalue weighted by molar-refractivity contribution is 0.306. The standard InChI is InChI=1S/C19H21NO/c1-2-4-16-10-12-19(13-11-16)21-15-18-8-6-17(7-9-18)5-3-14-20/h6-13H,2,4,14-15,20H2,1H3. The van der Waals surface area contributed by atoms with E-state index in [1.807, 2.05) is 36.4 Å². The van der Waals surface area contributed by atoms with E-state index in [-0.39, 0.29) is 0 Å². The molecule has 0 spiro atoms.